The largest absolute Gasteiger partial charge is 0.483 e. The van der Waals surface area contributed by atoms with Crippen LogP contribution in [0.15, 0.2) is 46.9 Å². The number of para-hydroxylation sites is 1. The number of rotatable bonds is 11. The van der Waals surface area contributed by atoms with Crippen LogP contribution in [0.3, 0.4) is 0 Å². The fraction of sp³-hybridized carbons (Fsp3) is 0.391. The first-order chi connectivity index (χ1) is 14.5. The van der Waals surface area contributed by atoms with Crippen molar-refractivity contribution in [3.05, 3.63) is 58.1 Å². The summed E-state index contributed by atoms with van der Waals surface area (Å²) in [4.78, 5) is 24.8. The van der Waals surface area contributed by atoms with Gasteiger partial charge in [0.05, 0.1) is 15.7 Å². The number of benzene rings is 2. The average molecular weight is 477 g/mol. The maximum Gasteiger partial charge on any atom is 0.262 e. The van der Waals surface area contributed by atoms with E-state index in [0.29, 0.717) is 36.1 Å². The molecular formula is C23H29BrN2O4. The van der Waals surface area contributed by atoms with Gasteiger partial charge in [-0.1, -0.05) is 32.0 Å². The number of anilines is 1. The van der Waals surface area contributed by atoms with E-state index in [1.807, 2.05) is 18.2 Å². The minimum absolute atomic E-state index is 0.162. The molecule has 0 fully saturated rings. The summed E-state index contributed by atoms with van der Waals surface area (Å²) in [5.74, 6) is 0.469. The molecule has 0 aliphatic carbocycles. The third-order valence-corrected chi connectivity index (χ3v) is 5.37. The van der Waals surface area contributed by atoms with Crippen LogP contribution >= 0.6 is 15.9 Å². The van der Waals surface area contributed by atoms with E-state index < -0.39 is 0 Å². The zero-order valence-corrected chi connectivity index (χ0v) is 19.3. The summed E-state index contributed by atoms with van der Waals surface area (Å²) in [5.41, 5.74) is 2.07. The van der Waals surface area contributed by atoms with Crippen molar-refractivity contribution >= 4 is 33.4 Å². The van der Waals surface area contributed by atoms with E-state index in [1.54, 1.807) is 31.4 Å². The monoisotopic (exact) mass is 476 g/mol. The van der Waals surface area contributed by atoms with E-state index in [0.717, 1.165) is 17.3 Å². The van der Waals surface area contributed by atoms with Gasteiger partial charge in [0.2, 0.25) is 0 Å². The summed E-state index contributed by atoms with van der Waals surface area (Å²) in [6.45, 7) is 5.22. The van der Waals surface area contributed by atoms with Crippen LogP contribution in [-0.2, 0) is 9.53 Å². The normalized spacial score (nSPS) is 11.6. The Kier molecular flexibility index (Phi) is 9.83. The molecule has 162 valence electrons. The molecule has 2 N–H and O–H groups in total. The summed E-state index contributed by atoms with van der Waals surface area (Å²) in [6.07, 6.45) is 1.77. The van der Waals surface area contributed by atoms with E-state index in [2.05, 4.69) is 40.4 Å². The highest BCUT2D eigenvalue weighted by molar-refractivity contribution is 9.10. The lowest BCUT2D eigenvalue weighted by Crippen LogP contribution is -2.27. The molecule has 1 unspecified atom stereocenters. The maximum absolute atomic E-state index is 12.4. The molecule has 0 spiro atoms. The van der Waals surface area contributed by atoms with Crippen molar-refractivity contribution in [2.75, 3.05) is 32.2 Å². The highest BCUT2D eigenvalue weighted by atomic mass is 79.9. The first-order valence-corrected chi connectivity index (χ1v) is 10.8. The molecule has 0 aromatic heterocycles. The van der Waals surface area contributed by atoms with Gasteiger partial charge in [-0.2, -0.15) is 0 Å². The highest BCUT2D eigenvalue weighted by Crippen LogP contribution is 2.30. The second-order valence-electron chi connectivity index (χ2n) is 6.98. The Morgan fingerprint density at radius 3 is 2.63 bits per heavy atom. The molecule has 0 saturated carbocycles. The number of hydrogen-bond donors (Lipinski definition) is 2. The predicted octanol–water partition coefficient (Wildman–Crippen LogP) is 4.75. The zero-order chi connectivity index (χ0) is 21.9. The summed E-state index contributed by atoms with van der Waals surface area (Å²) in [5, 5.41) is 5.58. The summed E-state index contributed by atoms with van der Waals surface area (Å²) in [7, 11) is 1.62. The van der Waals surface area contributed by atoms with Gasteiger partial charge in [0.25, 0.3) is 11.8 Å². The van der Waals surface area contributed by atoms with Gasteiger partial charge in [-0.3, -0.25) is 9.59 Å². The number of nitrogens with one attached hydrogen (secondary N) is 2. The fourth-order valence-electron chi connectivity index (χ4n) is 2.81. The van der Waals surface area contributed by atoms with Crippen molar-refractivity contribution in [1.82, 2.24) is 5.32 Å². The Morgan fingerprint density at radius 2 is 1.93 bits per heavy atom. The highest BCUT2D eigenvalue weighted by Gasteiger charge is 2.14. The Balaban J connectivity index is 1.95. The Hall–Kier alpha value is -2.38. The van der Waals surface area contributed by atoms with Gasteiger partial charge in [-0.15, -0.1) is 0 Å². The number of amides is 2. The van der Waals surface area contributed by atoms with Gasteiger partial charge in [0, 0.05) is 20.3 Å². The van der Waals surface area contributed by atoms with E-state index >= 15 is 0 Å². The number of ether oxygens (including phenoxy) is 2. The van der Waals surface area contributed by atoms with Crippen LogP contribution in [0.5, 0.6) is 5.75 Å². The molecule has 0 saturated heterocycles. The van der Waals surface area contributed by atoms with Crippen LogP contribution in [0.2, 0.25) is 0 Å². The molecule has 1 atom stereocenters. The lowest BCUT2D eigenvalue weighted by Gasteiger charge is -2.14. The third kappa shape index (κ3) is 7.15. The molecule has 0 heterocycles. The number of hydrogen-bond acceptors (Lipinski definition) is 4. The lowest BCUT2D eigenvalue weighted by atomic mass is 9.99. The number of carbonyl (C=O) groups excluding carboxylic acids is 2. The topological polar surface area (TPSA) is 76.7 Å². The molecule has 0 bridgehead atoms. The minimum Gasteiger partial charge on any atom is -0.483 e. The average Bonchev–Trinajstić information content (AvgIpc) is 2.75. The van der Waals surface area contributed by atoms with Crippen molar-refractivity contribution < 1.29 is 19.1 Å². The number of methoxy groups -OCH3 is 1. The lowest BCUT2D eigenvalue weighted by molar-refractivity contribution is -0.118. The van der Waals surface area contributed by atoms with E-state index in [-0.39, 0.29) is 18.4 Å². The van der Waals surface area contributed by atoms with E-state index in [4.69, 9.17) is 9.47 Å². The SMILES string of the molecule is CCC(C)c1ccc(OCC(=O)Nc2ccccc2C(=O)NCCCOC)c(Br)c1. The maximum atomic E-state index is 12.4. The van der Waals surface area contributed by atoms with Crippen molar-refractivity contribution in [1.29, 1.82) is 0 Å². The smallest absolute Gasteiger partial charge is 0.262 e. The van der Waals surface area contributed by atoms with Gasteiger partial charge >= 0.3 is 0 Å². The molecule has 0 aliphatic rings. The van der Waals surface area contributed by atoms with Gasteiger partial charge in [-0.05, 0) is 64.5 Å². The molecule has 30 heavy (non-hydrogen) atoms. The fourth-order valence-corrected chi connectivity index (χ4v) is 3.32. The Bertz CT molecular complexity index is 857. The van der Waals surface area contributed by atoms with Crippen LogP contribution in [0.4, 0.5) is 5.69 Å². The molecule has 7 heteroatoms. The van der Waals surface area contributed by atoms with Crippen molar-refractivity contribution in [3.8, 4) is 5.75 Å². The summed E-state index contributed by atoms with van der Waals surface area (Å²) < 4.78 is 11.4. The first-order valence-electron chi connectivity index (χ1n) is 10.0. The Labute approximate surface area is 186 Å². The first kappa shape index (κ1) is 23.9. The number of carbonyl (C=O) groups is 2. The van der Waals surface area contributed by atoms with Gasteiger partial charge in [0.1, 0.15) is 5.75 Å². The predicted molar refractivity (Wildman–Crippen MR) is 122 cm³/mol. The van der Waals surface area contributed by atoms with Crippen molar-refractivity contribution in [2.45, 2.75) is 32.6 Å². The molecule has 2 aromatic rings. The van der Waals surface area contributed by atoms with Crippen molar-refractivity contribution in [3.63, 3.8) is 0 Å². The molecule has 0 aliphatic heterocycles. The second-order valence-corrected chi connectivity index (χ2v) is 7.84. The van der Waals surface area contributed by atoms with Gasteiger partial charge < -0.3 is 20.1 Å². The van der Waals surface area contributed by atoms with Crippen molar-refractivity contribution in [2.24, 2.45) is 0 Å². The van der Waals surface area contributed by atoms with E-state index in [1.165, 1.54) is 5.56 Å². The van der Waals surface area contributed by atoms with Crippen LogP contribution in [-0.4, -0.2) is 38.7 Å². The van der Waals surface area contributed by atoms with E-state index in [9.17, 15) is 9.59 Å². The molecular weight excluding hydrogens is 448 g/mol. The summed E-state index contributed by atoms with van der Waals surface area (Å²) >= 11 is 3.51. The molecule has 2 amide bonds. The molecule has 2 rings (SSSR count). The quantitative estimate of drug-likeness (QED) is 0.458. The second kappa shape index (κ2) is 12.3. The molecule has 6 nitrogen and oxygen atoms in total. The van der Waals surface area contributed by atoms with Gasteiger partial charge in [0.15, 0.2) is 6.61 Å². The number of halogens is 1. The molecule has 2 aromatic carbocycles. The van der Waals surface area contributed by atoms with Crippen LogP contribution < -0.4 is 15.4 Å². The van der Waals surface area contributed by atoms with Crippen LogP contribution in [0, 0.1) is 0 Å². The summed E-state index contributed by atoms with van der Waals surface area (Å²) in [6, 6.07) is 12.8. The van der Waals surface area contributed by atoms with Crippen LogP contribution in [0.25, 0.3) is 0 Å². The molecule has 0 radical (unpaired) electrons. The Morgan fingerprint density at radius 1 is 1.17 bits per heavy atom. The minimum atomic E-state index is -0.340. The standard InChI is InChI=1S/C23H29BrN2O4/c1-4-16(2)17-10-11-21(19(24)14-17)30-15-22(27)26-20-9-6-5-8-18(20)23(28)25-12-7-13-29-3/h5-6,8-11,14,16H,4,7,12-13,15H2,1-3H3,(H,25,28)(H,26,27). The zero-order valence-electron chi connectivity index (χ0n) is 17.7. The third-order valence-electron chi connectivity index (χ3n) is 4.75. The van der Waals surface area contributed by atoms with Gasteiger partial charge in [-0.25, -0.2) is 0 Å². The van der Waals surface area contributed by atoms with Crippen LogP contribution in [0.1, 0.15) is 48.5 Å².